The molecule has 3 aromatic rings. The number of carbonyl (C=O) groups is 1. The van der Waals surface area contributed by atoms with Gasteiger partial charge in [0.1, 0.15) is 10.7 Å². The molecule has 0 saturated carbocycles. The first kappa shape index (κ1) is 18.3. The zero-order valence-electron chi connectivity index (χ0n) is 15.7. The van der Waals surface area contributed by atoms with Gasteiger partial charge in [0, 0.05) is 19.6 Å². The molecule has 0 aliphatic heterocycles. The van der Waals surface area contributed by atoms with Gasteiger partial charge in [-0.15, -0.1) is 11.3 Å². The molecule has 0 fully saturated rings. The third-order valence-electron chi connectivity index (χ3n) is 4.67. The molecule has 0 radical (unpaired) electrons. The average Bonchev–Trinajstić information content (AvgIpc) is 2.94. The number of rotatable bonds is 4. The molecular weight excluding hydrogens is 346 g/mol. The van der Waals surface area contributed by atoms with Crippen LogP contribution in [-0.2, 0) is 13.6 Å². The van der Waals surface area contributed by atoms with E-state index in [1.54, 1.807) is 14.0 Å². The number of aryl methyl sites for hydroxylation is 2. The summed E-state index contributed by atoms with van der Waals surface area (Å²) < 4.78 is 1.53. The number of hydrogen-bond donors (Lipinski definition) is 0. The van der Waals surface area contributed by atoms with E-state index in [-0.39, 0.29) is 17.5 Å². The number of amides is 1. The topological polar surface area (TPSA) is 55.2 Å². The maximum absolute atomic E-state index is 13.3. The molecule has 0 saturated heterocycles. The van der Waals surface area contributed by atoms with Crippen molar-refractivity contribution in [2.24, 2.45) is 7.05 Å². The van der Waals surface area contributed by atoms with Crippen LogP contribution in [0.1, 0.15) is 40.5 Å². The van der Waals surface area contributed by atoms with Crippen molar-refractivity contribution < 1.29 is 4.79 Å². The lowest BCUT2D eigenvalue weighted by atomic mass is 10.1. The molecule has 0 aliphatic carbocycles. The van der Waals surface area contributed by atoms with Gasteiger partial charge in [0.05, 0.1) is 10.3 Å². The van der Waals surface area contributed by atoms with Crippen LogP contribution in [0, 0.1) is 13.8 Å². The van der Waals surface area contributed by atoms with Gasteiger partial charge in [-0.25, -0.2) is 4.98 Å². The standard InChI is InChI=1S/C20H23N3O2S/c1-12(2)23(11-15-9-7-6-8-10-15)20(25)17-13(3)16-18(26-17)21-14(4)22(5)19(16)24/h6-10,12H,11H2,1-5H3. The Bertz CT molecular complexity index is 1020. The summed E-state index contributed by atoms with van der Waals surface area (Å²) in [7, 11) is 1.71. The zero-order chi connectivity index (χ0) is 19.0. The van der Waals surface area contributed by atoms with Crippen LogP contribution >= 0.6 is 11.3 Å². The largest absolute Gasteiger partial charge is 0.331 e. The van der Waals surface area contributed by atoms with Crippen molar-refractivity contribution in [1.82, 2.24) is 14.5 Å². The van der Waals surface area contributed by atoms with Crippen LogP contribution in [0.15, 0.2) is 35.1 Å². The molecule has 5 nitrogen and oxygen atoms in total. The number of thiophene rings is 1. The van der Waals surface area contributed by atoms with Crippen molar-refractivity contribution in [3.8, 4) is 0 Å². The Labute approximate surface area is 156 Å². The van der Waals surface area contributed by atoms with Crippen molar-refractivity contribution in [2.45, 2.75) is 40.3 Å². The van der Waals surface area contributed by atoms with Gasteiger partial charge in [0.25, 0.3) is 11.5 Å². The molecule has 2 heterocycles. The summed E-state index contributed by atoms with van der Waals surface area (Å²) in [6.07, 6.45) is 0. The lowest BCUT2D eigenvalue weighted by Gasteiger charge is -2.26. The van der Waals surface area contributed by atoms with E-state index in [0.717, 1.165) is 11.1 Å². The zero-order valence-corrected chi connectivity index (χ0v) is 16.6. The van der Waals surface area contributed by atoms with Crippen LogP contribution in [0.5, 0.6) is 0 Å². The van der Waals surface area contributed by atoms with Crippen molar-refractivity contribution in [2.75, 3.05) is 0 Å². The monoisotopic (exact) mass is 369 g/mol. The summed E-state index contributed by atoms with van der Waals surface area (Å²) in [6, 6.07) is 9.98. The van der Waals surface area contributed by atoms with Crippen LogP contribution < -0.4 is 5.56 Å². The summed E-state index contributed by atoms with van der Waals surface area (Å²) in [5, 5.41) is 0.551. The predicted octanol–water partition coefficient (Wildman–Crippen LogP) is 3.66. The summed E-state index contributed by atoms with van der Waals surface area (Å²) in [6.45, 7) is 8.18. The molecule has 0 unspecified atom stereocenters. The number of fused-ring (bicyclic) bond motifs is 1. The van der Waals surface area contributed by atoms with E-state index in [4.69, 9.17) is 0 Å². The summed E-state index contributed by atoms with van der Waals surface area (Å²) in [5.41, 5.74) is 1.71. The smallest absolute Gasteiger partial charge is 0.264 e. The molecule has 0 aliphatic rings. The van der Waals surface area contributed by atoms with E-state index in [0.29, 0.717) is 27.5 Å². The molecular formula is C20H23N3O2S. The average molecular weight is 369 g/mol. The molecule has 26 heavy (non-hydrogen) atoms. The molecule has 0 bridgehead atoms. The molecule has 3 rings (SSSR count). The molecule has 0 atom stereocenters. The maximum Gasteiger partial charge on any atom is 0.264 e. The number of nitrogens with zero attached hydrogens (tertiary/aromatic N) is 3. The molecule has 6 heteroatoms. The van der Waals surface area contributed by atoms with E-state index >= 15 is 0 Å². The number of carbonyl (C=O) groups excluding carboxylic acids is 1. The predicted molar refractivity (Wildman–Crippen MR) is 106 cm³/mol. The highest BCUT2D eigenvalue weighted by Gasteiger charge is 2.25. The van der Waals surface area contributed by atoms with Crippen LogP contribution in [0.25, 0.3) is 10.2 Å². The first-order valence-electron chi connectivity index (χ1n) is 8.63. The van der Waals surface area contributed by atoms with E-state index in [1.807, 2.05) is 56.0 Å². The number of hydrogen-bond acceptors (Lipinski definition) is 4. The Hall–Kier alpha value is -2.47. The fourth-order valence-corrected chi connectivity index (χ4v) is 4.14. The highest BCUT2D eigenvalue weighted by Crippen LogP contribution is 2.29. The van der Waals surface area contributed by atoms with Gasteiger partial charge < -0.3 is 4.90 Å². The molecule has 0 N–H and O–H groups in total. The fourth-order valence-electron chi connectivity index (χ4n) is 2.97. The van der Waals surface area contributed by atoms with Crippen LogP contribution in [0.3, 0.4) is 0 Å². The SMILES string of the molecule is Cc1c(C(=O)N(Cc2ccccc2)C(C)C)sc2nc(C)n(C)c(=O)c12. The third kappa shape index (κ3) is 3.17. The molecule has 2 aromatic heterocycles. The summed E-state index contributed by atoms with van der Waals surface area (Å²) in [4.78, 5) is 33.4. The van der Waals surface area contributed by atoms with Gasteiger partial charge in [-0.1, -0.05) is 30.3 Å². The van der Waals surface area contributed by atoms with Gasteiger partial charge in [-0.3, -0.25) is 14.2 Å². The van der Waals surface area contributed by atoms with E-state index in [9.17, 15) is 9.59 Å². The first-order chi connectivity index (χ1) is 12.3. The van der Waals surface area contributed by atoms with Gasteiger partial charge >= 0.3 is 0 Å². The normalized spacial score (nSPS) is 11.3. The second kappa shape index (κ2) is 7.03. The first-order valence-corrected chi connectivity index (χ1v) is 9.44. The summed E-state index contributed by atoms with van der Waals surface area (Å²) in [5.74, 6) is 0.594. The quantitative estimate of drug-likeness (QED) is 0.705. The minimum Gasteiger partial charge on any atom is -0.331 e. The highest BCUT2D eigenvalue weighted by atomic mass is 32.1. The van der Waals surface area contributed by atoms with Crippen LogP contribution in [-0.4, -0.2) is 26.4 Å². The Morgan fingerprint density at radius 1 is 1.23 bits per heavy atom. The second-order valence-corrected chi connectivity index (χ2v) is 7.77. The Morgan fingerprint density at radius 3 is 2.50 bits per heavy atom. The van der Waals surface area contributed by atoms with Gasteiger partial charge in [-0.05, 0) is 38.8 Å². The lowest BCUT2D eigenvalue weighted by Crippen LogP contribution is -2.36. The van der Waals surface area contributed by atoms with Crippen LogP contribution in [0.4, 0.5) is 0 Å². The van der Waals surface area contributed by atoms with E-state index in [2.05, 4.69) is 4.98 Å². The van der Waals surface area contributed by atoms with E-state index in [1.165, 1.54) is 15.9 Å². The third-order valence-corrected chi connectivity index (χ3v) is 5.84. The highest BCUT2D eigenvalue weighted by molar-refractivity contribution is 7.20. The minimum absolute atomic E-state index is 0.0462. The van der Waals surface area contributed by atoms with Crippen LogP contribution in [0.2, 0.25) is 0 Å². The molecule has 0 spiro atoms. The molecule has 1 aromatic carbocycles. The van der Waals surface area contributed by atoms with E-state index < -0.39 is 0 Å². The van der Waals surface area contributed by atoms with Gasteiger partial charge in [0.15, 0.2) is 0 Å². The van der Waals surface area contributed by atoms with Crippen molar-refractivity contribution in [1.29, 1.82) is 0 Å². The van der Waals surface area contributed by atoms with Gasteiger partial charge in [0.2, 0.25) is 0 Å². The Balaban J connectivity index is 2.06. The molecule has 1 amide bonds. The fraction of sp³-hybridized carbons (Fsp3) is 0.350. The van der Waals surface area contributed by atoms with Gasteiger partial charge in [-0.2, -0.15) is 0 Å². The summed E-state index contributed by atoms with van der Waals surface area (Å²) >= 11 is 1.31. The maximum atomic E-state index is 13.3. The minimum atomic E-state index is -0.0977. The Morgan fingerprint density at radius 2 is 1.88 bits per heavy atom. The number of aromatic nitrogens is 2. The lowest BCUT2D eigenvalue weighted by molar-refractivity contribution is 0.0695. The number of benzene rings is 1. The van der Waals surface area contributed by atoms with Crippen molar-refractivity contribution >= 4 is 27.5 Å². The van der Waals surface area contributed by atoms with Crippen molar-refractivity contribution in [3.63, 3.8) is 0 Å². The molecule has 136 valence electrons. The Kier molecular flexibility index (Phi) is 4.96. The second-order valence-electron chi connectivity index (χ2n) is 6.77. The van der Waals surface area contributed by atoms with Crippen molar-refractivity contribution in [3.05, 3.63) is 62.5 Å².